The number of anilines is 1. The predicted octanol–water partition coefficient (Wildman–Crippen LogP) is 4.31. The molecule has 2 saturated carbocycles. The van der Waals surface area contributed by atoms with Crippen LogP contribution < -0.4 is 21.5 Å². The second kappa shape index (κ2) is 13.9. The fraction of sp³-hybridized carbons (Fsp3) is 0.742. The fourth-order valence-electron chi connectivity index (χ4n) is 7.82. The minimum atomic E-state index is -0.578. The molecule has 2 aliphatic carbocycles. The molecule has 2 aliphatic rings. The van der Waals surface area contributed by atoms with Crippen molar-refractivity contribution < 1.29 is 23.9 Å². The first kappa shape index (κ1) is 34.7. The van der Waals surface area contributed by atoms with Gasteiger partial charge in [0.05, 0.1) is 19.2 Å². The number of aromatic amines is 1. The van der Waals surface area contributed by atoms with Gasteiger partial charge in [-0.3, -0.25) is 10.1 Å². The van der Waals surface area contributed by atoms with Gasteiger partial charge < -0.3 is 20.4 Å². The molecule has 0 aliphatic heterocycles. The zero-order valence-corrected chi connectivity index (χ0v) is 27.0. The number of hydrogen-bond donors (Lipinski definition) is 4. The lowest BCUT2D eigenvalue weighted by Gasteiger charge is -2.45. The largest absolute Gasteiger partial charge is 0.449 e. The Balaban J connectivity index is 1.51. The summed E-state index contributed by atoms with van der Waals surface area (Å²) in [6.07, 6.45) is 7.43. The Labute approximate surface area is 258 Å². The van der Waals surface area contributed by atoms with Crippen molar-refractivity contribution in [3.8, 4) is 0 Å². The minimum absolute atomic E-state index is 0.00634. The third-order valence-electron chi connectivity index (χ3n) is 8.67. The maximum Gasteiger partial charge on any atom is 0.407 e. The van der Waals surface area contributed by atoms with E-state index in [-0.39, 0.29) is 52.7 Å². The molecule has 13 heteroatoms. The van der Waals surface area contributed by atoms with E-state index in [2.05, 4.69) is 77.4 Å². The molecule has 0 bridgehead atoms. The molecular weight excluding hydrogens is 566 g/mol. The Morgan fingerprint density at radius 3 is 2.34 bits per heavy atom. The molecule has 1 heterocycles. The molecule has 0 radical (unpaired) electrons. The van der Waals surface area contributed by atoms with Crippen molar-refractivity contribution >= 4 is 30.2 Å². The number of ether oxygens (including phenoxy) is 1. The molecule has 2 fully saturated rings. The quantitative estimate of drug-likeness (QED) is 0.224. The lowest BCUT2D eigenvalue weighted by molar-refractivity contribution is 0.0715. The van der Waals surface area contributed by atoms with E-state index < -0.39 is 17.7 Å². The number of amides is 3. The number of hydrogen-bond acceptors (Lipinski definition) is 9. The first-order chi connectivity index (χ1) is 20.5. The van der Waals surface area contributed by atoms with Crippen LogP contribution in [0.1, 0.15) is 91.3 Å². The zero-order valence-electron chi connectivity index (χ0n) is 27.0. The Bertz CT molecular complexity index is 1380. The van der Waals surface area contributed by atoms with Crippen LogP contribution in [0.4, 0.5) is 15.5 Å². The summed E-state index contributed by atoms with van der Waals surface area (Å²) in [7, 11) is 0. The van der Waals surface area contributed by atoms with Gasteiger partial charge in [0.15, 0.2) is 0 Å². The lowest BCUT2D eigenvalue weighted by Crippen LogP contribution is -2.48. The fourth-order valence-corrected chi connectivity index (χ4v) is 7.82. The topological polar surface area (TPSA) is 184 Å². The van der Waals surface area contributed by atoms with Crippen molar-refractivity contribution in [1.29, 1.82) is 0 Å². The average Bonchev–Trinajstić information content (AvgIpc) is 2.86. The summed E-state index contributed by atoms with van der Waals surface area (Å²) >= 11 is 0. The molecule has 4 N–H and O–H groups in total. The van der Waals surface area contributed by atoms with Crippen LogP contribution in [-0.2, 0) is 20.7 Å². The van der Waals surface area contributed by atoms with Crippen molar-refractivity contribution in [3.63, 3.8) is 0 Å². The van der Waals surface area contributed by atoms with Gasteiger partial charge in [0, 0.05) is 30.3 Å². The second-order valence-corrected chi connectivity index (χ2v) is 14.9. The Morgan fingerprint density at radius 1 is 1.00 bits per heavy atom. The summed E-state index contributed by atoms with van der Waals surface area (Å²) in [4.78, 5) is 74.1. The van der Waals surface area contributed by atoms with Gasteiger partial charge in [0.25, 0.3) is 5.56 Å². The van der Waals surface area contributed by atoms with Gasteiger partial charge in [-0.1, -0.05) is 41.5 Å². The molecule has 3 rings (SSSR count). The molecule has 3 amide bonds. The molecule has 0 spiro atoms. The predicted molar refractivity (Wildman–Crippen MR) is 165 cm³/mol. The second-order valence-electron chi connectivity index (χ2n) is 14.9. The molecule has 4 atom stereocenters. The first-order valence-corrected chi connectivity index (χ1v) is 15.1. The Kier molecular flexibility index (Phi) is 10.9. The smallest absolute Gasteiger partial charge is 0.407 e. The van der Waals surface area contributed by atoms with Gasteiger partial charge in [-0.2, -0.15) is 4.98 Å². The maximum atomic E-state index is 12.8. The highest BCUT2D eigenvalue weighted by atomic mass is 16.5. The van der Waals surface area contributed by atoms with E-state index in [1.165, 1.54) is 0 Å². The molecule has 44 heavy (non-hydrogen) atoms. The average molecular weight is 614 g/mol. The lowest BCUT2D eigenvalue weighted by atomic mass is 9.62. The number of H-pyrrole nitrogens is 1. The SMILES string of the molecule is Cc1[nH]c(NC(=O)NCC2(C)CC(N=C=O)CC(C)(C)C2)nc(=O)c1CCOC(=O)NC1CC(C)(C)CC(C)(CN=C=O)C1. The molecule has 242 valence electrons. The molecule has 0 saturated heterocycles. The van der Waals surface area contributed by atoms with Crippen LogP contribution in [0.15, 0.2) is 14.8 Å². The third kappa shape index (κ3) is 10.1. The Morgan fingerprint density at radius 2 is 1.68 bits per heavy atom. The van der Waals surface area contributed by atoms with Crippen LogP contribution >= 0.6 is 0 Å². The summed E-state index contributed by atoms with van der Waals surface area (Å²) < 4.78 is 5.38. The molecule has 1 aromatic rings. The molecule has 0 aromatic carbocycles. The number of urea groups is 1. The van der Waals surface area contributed by atoms with Crippen LogP contribution in [0, 0.1) is 28.6 Å². The highest BCUT2D eigenvalue weighted by Gasteiger charge is 2.43. The summed E-state index contributed by atoms with van der Waals surface area (Å²) in [6.45, 7) is 15.0. The number of aromatic nitrogens is 2. The number of alkyl carbamates (subject to hydrolysis) is 1. The van der Waals surface area contributed by atoms with E-state index >= 15 is 0 Å². The highest BCUT2D eigenvalue weighted by molar-refractivity contribution is 5.87. The zero-order chi connectivity index (χ0) is 32.8. The summed E-state index contributed by atoms with van der Waals surface area (Å²) in [5, 5.41) is 8.37. The van der Waals surface area contributed by atoms with E-state index in [0.717, 1.165) is 25.7 Å². The van der Waals surface area contributed by atoms with Crippen LogP contribution in [0.2, 0.25) is 0 Å². The molecular formula is C31H47N7O6. The monoisotopic (exact) mass is 613 g/mol. The first-order valence-electron chi connectivity index (χ1n) is 15.1. The Hall–Kier alpha value is -3.82. The van der Waals surface area contributed by atoms with Crippen molar-refractivity contribution in [2.45, 2.75) is 105 Å². The number of carbonyl (C=O) groups is 2. The van der Waals surface area contributed by atoms with Crippen molar-refractivity contribution in [1.82, 2.24) is 20.6 Å². The van der Waals surface area contributed by atoms with Gasteiger partial charge in [0.1, 0.15) is 0 Å². The number of nitrogens with one attached hydrogen (secondary N) is 4. The molecule has 1 aromatic heterocycles. The third-order valence-corrected chi connectivity index (χ3v) is 8.67. The van der Waals surface area contributed by atoms with Crippen molar-refractivity contribution in [2.24, 2.45) is 31.6 Å². The minimum Gasteiger partial charge on any atom is -0.449 e. The highest BCUT2D eigenvalue weighted by Crippen LogP contribution is 2.47. The number of aryl methyl sites for hydroxylation is 1. The summed E-state index contributed by atoms with van der Waals surface area (Å²) in [5.41, 5.74) is -0.278. The van der Waals surface area contributed by atoms with E-state index in [9.17, 15) is 24.0 Å². The van der Waals surface area contributed by atoms with Gasteiger partial charge in [-0.15, -0.1) is 0 Å². The standard InChI is InChI=1S/C31H47N7O6/c1-20-23(8-9-44-27(43)36-22-11-29(4,5)14-30(6,13-22)16-32-18-39)24(41)37-25(35-20)38-26(42)33-17-31(7)12-21(34-19-40)10-28(2,3)15-31/h21-22H,8-17H2,1-7H3,(H,36,43)(H3,33,35,37,38,41,42). The van der Waals surface area contributed by atoms with E-state index in [1.807, 2.05) is 0 Å². The number of rotatable bonds is 10. The van der Waals surface area contributed by atoms with Crippen LogP contribution in [0.3, 0.4) is 0 Å². The maximum absolute atomic E-state index is 12.8. The summed E-state index contributed by atoms with van der Waals surface area (Å²) in [6, 6.07) is -0.792. The number of carbonyl (C=O) groups excluding carboxylic acids is 4. The van der Waals surface area contributed by atoms with Gasteiger partial charge >= 0.3 is 12.1 Å². The van der Waals surface area contributed by atoms with Gasteiger partial charge in [-0.05, 0) is 67.1 Å². The van der Waals surface area contributed by atoms with Crippen molar-refractivity contribution in [2.75, 3.05) is 25.0 Å². The summed E-state index contributed by atoms with van der Waals surface area (Å²) in [5.74, 6) is 0.00634. The number of isocyanates is 2. The van der Waals surface area contributed by atoms with Crippen LogP contribution in [-0.4, -0.2) is 66.0 Å². The van der Waals surface area contributed by atoms with E-state index in [0.29, 0.717) is 37.2 Å². The van der Waals surface area contributed by atoms with Crippen LogP contribution in [0.25, 0.3) is 0 Å². The normalized spacial score (nSPS) is 27.2. The molecule has 13 nitrogen and oxygen atoms in total. The van der Waals surface area contributed by atoms with E-state index in [1.54, 1.807) is 19.1 Å². The number of nitrogens with zero attached hydrogens (tertiary/aromatic N) is 3. The van der Waals surface area contributed by atoms with Crippen molar-refractivity contribution in [3.05, 3.63) is 21.6 Å². The molecule has 4 unspecified atom stereocenters. The number of aliphatic imine (C=N–C) groups is 2. The van der Waals surface area contributed by atoms with Gasteiger partial charge in [-0.25, -0.2) is 29.2 Å². The van der Waals surface area contributed by atoms with Gasteiger partial charge in [0.2, 0.25) is 18.1 Å². The van der Waals surface area contributed by atoms with Crippen LogP contribution in [0.5, 0.6) is 0 Å². The van der Waals surface area contributed by atoms with E-state index in [4.69, 9.17) is 4.74 Å².